The van der Waals surface area contributed by atoms with Crippen molar-refractivity contribution < 1.29 is 18.0 Å². The summed E-state index contributed by atoms with van der Waals surface area (Å²) < 4.78 is 27.6. The third-order valence-corrected chi connectivity index (χ3v) is 9.83. The van der Waals surface area contributed by atoms with Gasteiger partial charge in [-0.1, -0.05) is 13.8 Å². The molecule has 1 saturated heterocycles. The fourth-order valence-corrected chi connectivity index (χ4v) is 7.82. The van der Waals surface area contributed by atoms with Gasteiger partial charge in [-0.15, -0.1) is 11.3 Å². The van der Waals surface area contributed by atoms with Crippen LogP contribution in [0.25, 0.3) is 0 Å². The fraction of sp³-hybridized carbons (Fsp3) is 0.538. The standard InChI is InChI=1S/C26H36N4O4S2/c1-4-13-30(14-5-2)36(33,34)20-10-8-19(9-11-20)24(31)27-25-23(26(32)29-15-6-7-16-29)21-12-17-28(3)18-22(21)35-25/h8-11H,4-7,12-18H2,1-3H3,(H,27,31). The van der Waals surface area contributed by atoms with E-state index >= 15 is 0 Å². The Balaban J connectivity index is 1.58. The van der Waals surface area contributed by atoms with E-state index in [2.05, 4.69) is 17.3 Å². The van der Waals surface area contributed by atoms with Gasteiger partial charge in [-0.05, 0) is 69.0 Å². The summed E-state index contributed by atoms with van der Waals surface area (Å²) in [7, 11) is -1.56. The van der Waals surface area contributed by atoms with Crippen molar-refractivity contribution in [2.45, 2.75) is 57.4 Å². The summed E-state index contributed by atoms with van der Waals surface area (Å²) in [4.78, 5) is 32.0. The highest BCUT2D eigenvalue weighted by Gasteiger charge is 2.31. The lowest BCUT2D eigenvalue weighted by molar-refractivity contribution is 0.0792. The Morgan fingerprint density at radius 1 is 1.03 bits per heavy atom. The monoisotopic (exact) mass is 532 g/mol. The van der Waals surface area contributed by atoms with Crippen LogP contribution in [0.3, 0.4) is 0 Å². The number of anilines is 1. The smallest absolute Gasteiger partial charge is 0.257 e. The Morgan fingerprint density at radius 3 is 2.28 bits per heavy atom. The SMILES string of the molecule is CCCN(CCC)S(=O)(=O)c1ccc(C(=O)Nc2sc3c(c2C(=O)N2CCCC2)CCN(C)C3)cc1. The lowest BCUT2D eigenvalue weighted by atomic mass is 10.0. The molecule has 0 radical (unpaired) electrons. The van der Waals surface area contributed by atoms with Crippen LogP contribution in [0, 0.1) is 0 Å². The molecule has 2 aromatic rings. The molecule has 3 heterocycles. The number of carbonyl (C=O) groups excluding carboxylic acids is 2. The average molecular weight is 533 g/mol. The number of likely N-dealkylation sites (tertiary alicyclic amines) is 1. The van der Waals surface area contributed by atoms with E-state index in [1.165, 1.54) is 27.8 Å². The van der Waals surface area contributed by atoms with Crippen molar-refractivity contribution in [2.24, 2.45) is 0 Å². The molecule has 2 aliphatic heterocycles. The maximum absolute atomic E-state index is 13.4. The molecule has 4 rings (SSSR count). The summed E-state index contributed by atoms with van der Waals surface area (Å²) in [6.45, 7) is 7.97. The van der Waals surface area contributed by atoms with Gasteiger partial charge in [-0.2, -0.15) is 4.31 Å². The maximum Gasteiger partial charge on any atom is 0.257 e. The van der Waals surface area contributed by atoms with Crippen molar-refractivity contribution in [3.63, 3.8) is 0 Å². The molecule has 1 aromatic carbocycles. The summed E-state index contributed by atoms with van der Waals surface area (Å²) in [5.41, 5.74) is 2.04. The van der Waals surface area contributed by atoms with Gasteiger partial charge in [0.2, 0.25) is 10.0 Å². The second-order valence-corrected chi connectivity index (χ2v) is 12.6. The number of hydrogen-bond acceptors (Lipinski definition) is 6. The third kappa shape index (κ3) is 5.51. The van der Waals surface area contributed by atoms with Crippen LogP contribution in [-0.4, -0.2) is 74.1 Å². The normalized spacial score (nSPS) is 16.4. The van der Waals surface area contributed by atoms with E-state index in [-0.39, 0.29) is 16.7 Å². The maximum atomic E-state index is 13.4. The molecule has 2 amide bonds. The quantitative estimate of drug-likeness (QED) is 0.527. The van der Waals surface area contributed by atoms with E-state index < -0.39 is 10.0 Å². The fourth-order valence-electron chi connectivity index (χ4n) is 4.88. The van der Waals surface area contributed by atoms with Crippen molar-refractivity contribution in [1.82, 2.24) is 14.1 Å². The van der Waals surface area contributed by atoms with Crippen molar-refractivity contribution in [3.05, 3.63) is 45.8 Å². The number of likely N-dealkylation sites (N-methyl/N-ethyl adjacent to an activating group) is 1. The highest BCUT2D eigenvalue weighted by molar-refractivity contribution is 7.89. The second kappa shape index (κ2) is 11.4. The van der Waals surface area contributed by atoms with Gasteiger partial charge in [-0.25, -0.2) is 8.42 Å². The lowest BCUT2D eigenvalue weighted by Crippen LogP contribution is -2.32. The summed E-state index contributed by atoms with van der Waals surface area (Å²) >= 11 is 1.47. The molecule has 2 aliphatic rings. The molecule has 1 fully saturated rings. The minimum atomic E-state index is -3.61. The zero-order chi connectivity index (χ0) is 25.9. The second-order valence-electron chi connectivity index (χ2n) is 9.58. The van der Waals surface area contributed by atoms with Gasteiger partial charge >= 0.3 is 0 Å². The van der Waals surface area contributed by atoms with Crippen LogP contribution in [0.15, 0.2) is 29.2 Å². The van der Waals surface area contributed by atoms with Gasteiger partial charge in [0.25, 0.3) is 11.8 Å². The predicted molar refractivity (Wildman–Crippen MR) is 143 cm³/mol. The van der Waals surface area contributed by atoms with E-state index in [0.29, 0.717) is 29.2 Å². The number of hydrogen-bond donors (Lipinski definition) is 1. The van der Waals surface area contributed by atoms with Crippen LogP contribution < -0.4 is 5.32 Å². The first-order chi connectivity index (χ1) is 17.3. The molecule has 1 aromatic heterocycles. The first-order valence-corrected chi connectivity index (χ1v) is 15.1. The van der Waals surface area contributed by atoms with Crippen molar-refractivity contribution in [3.8, 4) is 0 Å². The predicted octanol–water partition coefficient (Wildman–Crippen LogP) is 4.04. The Labute approximate surface area is 218 Å². The number of thiophene rings is 1. The van der Waals surface area contributed by atoms with E-state index in [1.807, 2.05) is 18.7 Å². The van der Waals surface area contributed by atoms with E-state index in [9.17, 15) is 18.0 Å². The Kier molecular flexibility index (Phi) is 8.49. The van der Waals surface area contributed by atoms with E-state index in [0.717, 1.165) is 68.7 Å². The van der Waals surface area contributed by atoms with Gasteiger partial charge in [0, 0.05) is 49.7 Å². The Morgan fingerprint density at radius 2 is 1.67 bits per heavy atom. The van der Waals surface area contributed by atoms with E-state index in [4.69, 9.17) is 0 Å². The Bertz CT molecular complexity index is 1200. The average Bonchev–Trinajstić information content (AvgIpc) is 3.51. The number of amides is 2. The molecule has 0 unspecified atom stereocenters. The molecule has 36 heavy (non-hydrogen) atoms. The minimum absolute atomic E-state index is 0.00164. The summed E-state index contributed by atoms with van der Waals surface area (Å²) in [6.07, 6.45) is 4.26. The van der Waals surface area contributed by atoms with Crippen LogP contribution in [0.1, 0.15) is 70.7 Å². The number of nitrogens with zero attached hydrogens (tertiary/aromatic N) is 3. The first-order valence-electron chi connectivity index (χ1n) is 12.8. The molecular weight excluding hydrogens is 496 g/mol. The van der Waals surface area contributed by atoms with Crippen LogP contribution in [0.2, 0.25) is 0 Å². The topological polar surface area (TPSA) is 90.0 Å². The van der Waals surface area contributed by atoms with Gasteiger partial charge in [0.05, 0.1) is 10.5 Å². The molecule has 0 spiro atoms. The number of carbonyl (C=O) groups is 2. The molecule has 0 saturated carbocycles. The lowest BCUT2D eigenvalue weighted by Gasteiger charge is -2.23. The summed E-state index contributed by atoms with van der Waals surface area (Å²) in [5, 5.41) is 3.57. The van der Waals surface area contributed by atoms with Crippen LogP contribution >= 0.6 is 11.3 Å². The number of benzene rings is 1. The number of sulfonamides is 1. The molecule has 0 bridgehead atoms. The van der Waals surface area contributed by atoms with Gasteiger partial charge in [-0.3, -0.25) is 9.59 Å². The summed E-state index contributed by atoms with van der Waals surface area (Å²) in [5.74, 6) is -0.349. The van der Waals surface area contributed by atoms with Crippen molar-refractivity contribution in [1.29, 1.82) is 0 Å². The van der Waals surface area contributed by atoms with Crippen LogP contribution in [0.5, 0.6) is 0 Å². The zero-order valence-electron chi connectivity index (χ0n) is 21.4. The summed E-state index contributed by atoms with van der Waals surface area (Å²) in [6, 6.07) is 6.07. The van der Waals surface area contributed by atoms with Crippen LogP contribution in [-0.2, 0) is 23.0 Å². The molecule has 10 heteroatoms. The van der Waals surface area contributed by atoms with Gasteiger partial charge in [0.15, 0.2) is 0 Å². The van der Waals surface area contributed by atoms with Crippen LogP contribution in [0.4, 0.5) is 5.00 Å². The van der Waals surface area contributed by atoms with Crippen molar-refractivity contribution in [2.75, 3.05) is 45.1 Å². The molecule has 8 nitrogen and oxygen atoms in total. The van der Waals surface area contributed by atoms with Gasteiger partial charge < -0.3 is 15.1 Å². The minimum Gasteiger partial charge on any atom is -0.339 e. The molecule has 0 atom stereocenters. The molecule has 0 aliphatic carbocycles. The molecule has 196 valence electrons. The number of nitrogens with one attached hydrogen (secondary N) is 1. The zero-order valence-corrected chi connectivity index (χ0v) is 23.0. The molecule has 1 N–H and O–H groups in total. The Hall–Kier alpha value is -2.27. The highest BCUT2D eigenvalue weighted by atomic mass is 32.2. The number of rotatable bonds is 9. The van der Waals surface area contributed by atoms with Gasteiger partial charge in [0.1, 0.15) is 5.00 Å². The van der Waals surface area contributed by atoms with E-state index in [1.54, 1.807) is 12.1 Å². The van der Waals surface area contributed by atoms with Crippen molar-refractivity contribution >= 4 is 38.2 Å². The molecular formula is C26H36N4O4S2. The number of fused-ring (bicyclic) bond motifs is 1. The third-order valence-electron chi connectivity index (χ3n) is 6.78. The first kappa shape index (κ1) is 26.8. The highest BCUT2D eigenvalue weighted by Crippen LogP contribution is 2.38. The largest absolute Gasteiger partial charge is 0.339 e.